The average molecular weight is 442 g/mol. The zero-order valence-corrected chi connectivity index (χ0v) is 17.2. The molecule has 0 N–H and O–H groups in total. The Bertz CT molecular complexity index is 660. The molecule has 0 spiro atoms. The van der Waals surface area contributed by atoms with Gasteiger partial charge >= 0.3 is 0 Å². The van der Waals surface area contributed by atoms with Crippen LogP contribution in [0.15, 0.2) is 39.6 Å². The van der Waals surface area contributed by atoms with Gasteiger partial charge in [0.1, 0.15) is 11.7 Å². The molecular weight excluding hydrogens is 427 g/mol. The van der Waals surface area contributed by atoms with Crippen molar-refractivity contribution in [3.05, 3.63) is 51.2 Å². The van der Waals surface area contributed by atoms with E-state index in [1.807, 2.05) is 31.4 Å². The summed E-state index contributed by atoms with van der Waals surface area (Å²) in [5.41, 5.74) is 1.69. The topological polar surface area (TPSA) is 31.2 Å². The fourth-order valence-corrected chi connectivity index (χ4v) is 2.71. The van der Waals surface area contributed by atoms with Gasteiger partial charge < -0.3 is 9.30 Å². The molecule has 0 atom stereocenters. The molecule has 0 aliphatic heterocycles. The minimum Gasteiger partial charge on any atom is -0.483 e. The number of hydrogen-bond acceptors (Lipinski definition) is 3. The summed E-state index contributed by atoms with van der Waals surface area (Å²) in [7, 11) is 0. The van der Waals surface area contributed by atoms with E-state index in [1.165, 1.54) is 6.07 Å². The van der Waals surface area contributed by atoms with Gasteiger partial charge in [0.05, 0.1) is 0 Å². The molecular formula is C15H15BrNO2SY-. The molecule has 0 amide bonds. The molecule has 0 saturated carbocycles. The van der Waals surface area contributed by atoms with E-state index in [4.69, 9.17) is 4.74 Å². The molecule has 1 aromatic carbocycles. The van der Waals surface area contributed by atoms with Gasteiger partial charge in [0.15, 0.2) is 5.56 Å². The van der Waals surface area contributed by atoms with Crippen LogP contribution in [0.1, 0.15) is 6.92 Å². The van der Waals surface area contributed by atoms with Crippen LogP contribution in [-0.4, -0.2) is 16.8 Å². The first-order chi connectivity index (χ1) is 9.67. The minimum absolute atomic E-state index is 0. The first-order valence-electron chi connectivity index (χ1n) is 6.20. The number of nitrogens with zero attached hydrogens (tertiary/aromatic N) is 1. The Morgan fingerprint density at radius 2 is 2.14 bits per heavy atom. The number of benzene rings is 1. The number of ether oxygens (including phenoxy) is 1. The Kier molecular flexibility index (Phi) is 8.24. The van der Waals surface area contributed by atoms with Crippen molar-refractivity contribution in [1.29, 1.82) is 0 Å². The van der Waals surface area contributed by atoms with Crippen LogP contribution in [0.25, 0.3) is 11.3 Å². The second-order valence-corrected chi connectivity index (χ2v) is 5.77. The van der Waals surface area contributed by atoms with Crippen molar-refractivity contribution in [2.75, 3.05) is 12.2 Å². The van der Waals surface area contributed by atoms with Crippen LogP contribution < -0.4 is 10.3 Å². The zero-order chi connectivity index (χ0) is 14.5. The fraction of sp³-hybridized carbons (Fsp3) is 0.267. The molecule has 1 heterocycles. The Morgan fingerprint density at radius 3 is 2.76 bits per heavy atom. The van der Waals surface area contributed by atoms with E-state index >= 15 is 0 Å². The molecule has 3 nitrogen and oxygen atoms in total. The van der Waals surface area contributed by atoms with E-state index in [0.717, 1.165) is 21.5 Å². The maximum absolute atomic E-state index is 11.9. The van der Waals surface area contributed by atoms with Gasteiger partial charge in [0, 0.05) is 39.3 Å². The van der Waals surface area contributed by atoms with Crippen LogP contribution in [0.3, 0.4) is 0 Å². The summed E-state index contributed by atoms with van der Waals surface area (Å²) in [6.45, 7) is 2.56. The van der Waals surface area contributed by atoms with E-state index in [0.29, 0.717) is 12.5 Å². The van der Waals surface area contributed by atoms with Gasteiger partial charge in [-0.05, 0) is 29.8 Å². The van der Waals surface area contributed by atoms with E-state index in [-0.39, 0.29) is 38.3 Å². The quantitative estimate of drug-likeness (QED) is 0.522. The van der Waals surface area contributed by atoms with Crippen molar-refractivity contribution >= 4 is 27.7 Å². The van der Waals surface area contributed by atoms with Crippen molar-refractivity contribution in [1.82, 2.24) is 4.57 Å². The second-order valence-electron chi connectivity index (χ2n) is 4.10. The number of pyridine rings is 1. The van der Waals surface area contributed by atoms with Crippen LogP contribution in [0.5, 0.6) is 5.75 Å². The second kappa shape index (κ2) is 9.14. The summed E-state index contributed by atoms with van der Waals surface area (Å²) in [6, 6.07) is 12.1. The molecule has 0 aliphatic carbocycles. The summed E-state index contributed by atoms with van der Waals surface area (Å²) in [6.07, 6.45) is 1.99. The maximum Gasteiger partial charge on any atom is 0.194 e. The molecule has 1 radical (unpaired) electrons. The Hall–Kier alpha value is -0.0961. The van der Waals surface area contributed by atoms with Gasteiger partial charge in [-0.2, -0.15) is 12.1 Å². The van der Waals surface area contributed by atoms with Crippen LogP contribution in [0.2, 0.25) is 0 Å². The number of hydrogen-bond donors (Lipinski definition) is 0. The molecule has 2 aromatic rings. The Morgan fingerprint density at radius 1 is 1.38 bits per heavy atom. The number of thioether (sulfide) groups is 1. The Balaban J connectivity index is 0.00000220. The molecule has 21 heavy (non-hydrogen) atoms. The molecule has 0 unspecified atom stereocenters. The molecule has 2 rings (SSSR count). The largest absolute Gasteiger partial charge is 0.483 e. The third-order valence-electron chi connectivity index (χ3n) is 2.84. The van der Waals surface area contributed by atoms with Crippen LogP contribution in [0, 0.1) is 6.07 Å². The molecule has 1 aromatic heterocycles. The van der Waals surface area contributed by atoms with Gasteiger partial charge in [0.2, 0.25) is 0 Å². The smallest absolute Gasteiger partial charge is 0.194 e. The zero-order valence-electron chi connectivity index (χ0n) is 11.9. The first kappa shape index (κ1) is 19.0. The van der Waals surface area contributed by atoms with Gasteiger partial charge in [0.25, 0.3) is 0 Å². The summed E-state index contributed by atoms with van der Waals surface area (Å²) in [5, 5.41) is 0. The van der Waals surface area contributed by atoms with E-state index in [2.05, 4.69) is 22.0 Å². The third-order valence-corrected chi connectivity index (χ3v) is 3.85. The predicted octanol–water partition coefficient (Wildman–Crippen LogP) is 3.79. The summed E-state index contributed by atoms with van der Waals surface area (Å²) >= 11 is 5.16. The maximum atomic E-state index is 11.9. The van der Waals surface area contributed by atoms with E-state index < -0.39 is 0 Å². The summed E-state index contributed by atoms with van der Waals surface area (Å²) in [4.78, 5) is 11.9. The van der Waals surface area contributed by atoms with Crippen molar-refractivity contribution in [3.63, 3.8) is 0 Å². The van der Waals surface area contributed by atoms with Gasteiger partial charge in [-0.3, -0.25) is 4.79 Å². The van der Waals surface area contributed by atoms with Crippen LogP contribution >= 0.6 is 27.7 Å². The van der Waals surface area contributed by atoms with E-state index in [9.17, 15) is 4.79 Å². The molecule has 0 fully saturated rings. The Labute approximate surface area is 162 Å². The van der Waals surface area contributed by atoms with Crippen LogP contribution in [0.4, 0.5) is 0 Å². The monoisotopic (exact) mass is 441 g/mol. The van der Waals surface area contributed by atoms with Crippen molar-refractivity contribution in [2.24, 2.45) is 0 Å². The summed E-state index contributed by atoms with van der Waals surface area (Å²) < 4.78 is 8.15. The number of halogens is 1. The van der Waals surface area contributed by atoms with Crippen molar-refractivity contribution in [2.45, 2.75) is 13.5 Å². The van der Waals surface area contributed by atoms with Gasteiger partial charge in [-0.1, -0.05) is 33.3 Å². The van der Waals surface area contributed by atoms with Crippen LogP contribution in [-0.2, 0) is 39.3 Å². The number of rotatable bonds is 5. The first-order valence-corrected chi connectivity index (χ1v) is 8.39. The third kappa shape index (κ3) is 4.68. The van der Waals surface area contributed by atoms with Crippen molar-refractivity contribution in [3.8, 4) is 17.0 Å². The molecule has 0 aliphatic rings. The molecule has 6 heteroatoms. The van der Waals surface area contributed by atoms with Crippen molar-refractivity contribution < 1.29 is 37.4 Å². The number of aromatic nitrogens is 1. The summed E-state index contributed by atoms with van der Waals surface area (Å²) in [5.74, 6) is 1.42. The molecule has 0 saturated heterocycles. The minimum atomic E-state index is -0.0177. The van der Waals surface area contributed by atoms with Gasteiger partial charge in [-0.15, -0.1) is 17.8 Å². The predicted molar refractivity (Wildman–Crippen MR) is 87.4 cm³/mol. The standard InChI is InChI=1S/C15H15BrNO2S.Y/c1-3-17-14(5-4-6-15(17)18)12-8-7-11(9-13(12)16)19-10-20-2;/h4,6-9H,3,10H2,1-2H3;/q-1;. The average Bonchev–Trinajstić information content (AvgIpc) is 2.45. The fourth-order valence-electron chi connectivity index (χ4n) is 1.91. The molecule has 109 valence electrons. The normalized spacial score (nSPS) is 10.0. The SMILES string of the molecule is CCn1c(-c2ccc(OCSC)cc2Br)[c-]ccc1=O.[Y]. The van der Waals surface area contributed by atoms with E-state index in [1.54, 1.807) is 22.4 Å². The van der Waals surface area contributed by atoms with Gasteiger partial charge in [-0.25, -0.2) is 0 Å². The molecule has 0 bridgehead atoms.